The highest BCUT2D eigenvalue weighted by Crippen LogP contribution is 2.26. The van der Waals surface area contributed by atoms with Gasteiger partial charge in [-0.25, -0.2) is 8.42 Å². The number of benzene rings is 2. The first kappa shape index (κ1) is 21.6. The first-order valence-electron chi connectivity index (χ1n) is 9.90. The minimum Gasteiger partial charge on any atom is -0.299 e. The Labute approximate surface area is 185 Å². The third kappa shape index (κ3) is 5.16. The maximum absolute atomic E-state index is 12.8. The van der Waals surface area contributed by atoms with Crippen LogP contribution in [-0.2, 0) is 14.8 Å². The van der Waals surface area contributed by atoms with Gasteiger partial charge in [0.1, 0.15) is 5.01 Å². The molecule has 10 heteroatoms. The van der Waals surface area contributed by atoms with Gasteiger partial charge in [0.2, 0.25) is 21.1 Å². The van der Waals surface area contributed by atoms with Gasteiger partial charge in [0.25, 0.3) is 0 Å². The van der Waals surface area contributed by atoms with Crippen LogP contribution in [0.4, 0.5) is 5.13 Å². The Bertz CT molecular complexity index is 1140. The van der Waals surface area contributed by atoms with Crippen molar-refractivity contribution in [2.75, 3.05) is 38.0 Å². The Morgan fingerprint density at radius 3 is 2.35 bits per heavy atom. The fourth-order valence-electron chi connectivity index (χ4n) is 3.32. The summed E-state index contributed by atoms with van der Waals surface area (Å²) in [7, 11) is -3.51. The molecule has 1 aliphatic rings. The molecule has 0 saturated carbocycles. The molecule has 0 atom stereocenters. The average molecular weight is 458 g/mol. The summed E-state index contributed by atoms with van der Waals surface area (Å²) in [4.78, 5) is 14.7. The number of aromatic nitrogens is 2. The molecular weight excluding hydrogens is 434 g/mol. The summed E-state index contributed by atoms with van der Waals surface area (Å²) in [6.45, 7) is 3.78. The van der Waals surface area contributed by atoms with Crippen LogP contribution >= 0.6 is 11.3 Å². The fourth-order valence-corrected chi connectivity index (χ4v) is 5.51. The lowest BCUT2D eigenvalue weighted by Crippen LogP contribution is -2.50. The Kier molecular flexibility index (Phi) is 6.42. The average Bonchev–Trinajstić information content (AvgIpc) is 3.23. The molecule has 0 unspecified atom stereocenters. The number of hydrogen-bond donors (Lipinski definition) is 1. The first-order chi connectivity index (χ1) is 14.9. The van der Waals surface area contributed by atoms with E-state index in [9.17, 15) is 13.2 Å². The summed E-state index contributed by atoms with van der Waals surface area (Å²) in [5, 5.41) is 12.1. The highest BCUT2D eigenvalue weighted by atomic mass is 32.2. The van der Waals surface area contributed by atoms with E-state index in [4.69, 9.17) is 0 Å². The second-order valence-electron chi connectivity index (χ2n) is 7.32. The quantitative estimate of drug-likeness (QED) is 0.611. The molecular formula is C21H23N5O3S2. The SMILES string of the molecule is Cc1ccc(S(=O)(=O)N2CCN(CC(=O)Nc3nnc(-c4ccccc4)s3)CC2)cc1. The number of piperazine rings is 1. The number of carbonyl (C=O) groups is 1. The first-order valence-corrected chi connectivity index (χ1v) is 12.2. The van der Waals surface area contributed by atoms with Gasteiger partial charge in [-0.05, 0) is 19.1 Å². The molecule has 1 aromatic heterocycles. The van der Waals surface area contributed by atoms with Gasteiger partial charge < -0.3 is 0 Å². The maximum atomic E-state index is 12.8. The van der Waals surface area contributed by atoms with Gasteiger partial charge >= 0.3 is 0 Å². The Hall–Kier alpha value is -2.66. The van der Waals surface area contributed by atoms with Gasteiger partial charge in [-0.3, -0.25) is 15.0 Å². The van der Waals surface area contributed by atoms with E-state index in [0.29, 0.717) is 36.2 Å². The van der Waals surface area contributed by atoms with E-state index >= 15 is 0 Å². The van der Waals surface area contributed by atoms with Gasteiger partial charge in [-0.1, -0.05) is 59.4 Å². The van der Waals surface area contributed by atoms with Crippen LogP contribution in [0.5, 0.6) is 0 Å². The zero-order valence-electron chi connectivity index (χ0n) is 17.1. The fraction of sp³-hybridized carbons (Fsp3) is 0.286. The third-order valence-corrected chi connectivity index (χ3v) is 7.85. The van der Waals surface area contributed by atoms with Crippen molar-refractivity contribution < 1.29 is 13.2 Å². The number of nitrogens with one attached hydrogen (secondary N) is 1. The zero-order chi connectivity index (χ0) is 21.8. The Morgan fingerprint density at radius 1 is 1.00 bits per heavy atom. The summed E-state index contributed by atoms with van der Waals surface area (Å²) in [5.74, 6) is -0.189. The van der Waals surface area contributed by atoms with Crippen LogP contribution < -0.4 is 5.32 Å². The van der Waals surface area contributed by atoms with E-state index in [2.05, 4.69) is 15.5 Å². The van der Waals surface area contributed by atoms with Crippen molar-refractivity contribution >= 4 is 32.4 Å². The molecule has 0 spiro atoms. The van der Waals surface area contributed by atoms with Gasteiger partial charge in [0.05, 0.1) is 11.4 Å². The molecule has 0 aliphatic carbocycles. The van der Waals surface area contributed by atoms with Crippen LogP contribution in [0.1, 0.15) is 5.56 Å². The van der Waals surface area contributed by atoms with Gasteiger partial charge in [-0.2, -0.15) is 4.31 Å². The van der Waals surface area contributed by atoms with Gasteiger partial charge in [0, 0.05) is 31.7 Å². The predicted molar refractivity (Wildman–Crippen MR) is 120 cm³/mol. The van der Waals surface area contributed by atoms with Crippen LogP contribution in [0, 0.1) is 6.92 Å². The standard InChI is InChI=1S/C21H23N5O3S2/c1-16-7-9-18(10-8-16)31(28,29)26-13-11-25(12-14-26)15-19(27)22-21-24-23-20(30-21)17-5-3-2-4-6-17/h2-10H,11-15H2,1H3,(H,22,24,27). The minimum atomic E-state index is -3.51. The molecule has 2 heterocycles. The largest absolute Gasteiger partial charge is 0.299 e. The lowest BCUT2D eigenvalue weighted by molar-refractivity contribution is -0.117. The second-order valence-corrected chi connectivity index (χ2v) is 10.2. The van der Waals surface area contributed by atoms with Crippen molar-refractivity contribution in [1.82, 2.24) is 19.4 Å². The Morgan fingerprint density at radius 2 is 1.68 bits per heavy atom. The summed E-state index contributed by atoms with van der Waals surface area (Å²) in [6, 6.07) is 16.5. The summed E-state index contributed by atoms with van der Waals surface area (Å²) in [5.41, 5.74) is 1.97. The van der Waals surface area contributed by atoms with E-state index in [0.717, 1.165) is 16.1 Å². The van der Waals surface area contributed by atoms with E-state index in [-0.39, 0.29) is 12.5 Å². The molecule has 0 bridgehead atoms. The number of rotatable bonds is 6. The number of amides is 1. The predicted octanol–water partition coefficient (Wildman–Crippen LogP) is 2.46. The summed E-state index contributed by atoms with van der Waals surface area (Å²) >= 11 is 1.32. The van der Waals surface area contributed by atoms with Crippen molar-refractivity contribution in [1.29, 1.82) is 0 Å². The third-order valence-electron chi connectivity index (χ3n) is 5.05. The number of hydrogen-bond acceptors (Lipinski definition) is 7. The number of aryl methyl sites for hydroxylation is 1. The van der Waals surface area contributed by atoms with Crippen molar-refractivity contribution in [2.45, 2.75) is 11.8 Å². The van der Waals surface area contributed by atoms with E-state index in [1.807, 2.05) is 42.2 Å². The number of nitrogens with zero attached hydrogens (tertiary/aromatic N) is 4. The summed E-state index contributed by atoms with van der Waals surface area (Å²) in [6.07, 6.45) is 0. The van der Waals surface area contributed by atoms with Crippen LogP contribution in [0.15, 0.2) is 59.5 Å². The smallest absolute Gasteiger partial charge is 0.243 e. The highest BCUT2D eigenvalue weighted by molar-refractivity contribution is 7.89. The van der Waals surface area contributed by atoms with Crippen LogP contribution in [0.25, 0.3) is 10.6 Å². The van der Waals surface area contributed by atoms with Crippen molar-refractivity contribution in [2.24, 2.45) is 0 Å². The molecule has 8 nitrogen and oxygen atoms in total. The molecule has 0 radical (unpaired) electrons. The van der Waals surface area contributed by atoms with Crippen LogP contribution in [0.3, 0.4) is 0 Å². The molecule has 1 amide bonds. The van der Waals surface area contributed by atoms with Crippen molar-refractivity contribution in [3.8, 4) is 10.6 Å². The lowest BCUT2D eigenvalue weighted by Gasteiger charge is -2.33. The molecule has 162 valence electrons. The molecule has 4 rings (SSSR count). The molecule has 1 aliphatic heterocycles. The minimum absolute atomic E-state index is 0.179. The number of carbonyl (C=O) groups excluding carboxylic acids is 1. The molecule has 1 saturated heterocycles. The molecule has 2 aromatic carbocycles. The van der Waals surface area contributed by atoms with Gasteiger partial charge in [-0.15, -0.1) is 10.2 Å². The number of anilines is 1. The van der Waals surface area contributed by atoms with Gasteiger partial charge in [0.15, 0.2) is 0 Å². The number of sulfonamides is 1. The molecule has 1 N–H and O–H groups in total. The molecule has 3 aromatic rings. The van der Waals surface area contributed by atoms with Crippen molar-refractivity contribution in [3.63, 3.8) is 0 Å². The molecule has 31 heavy (non-hydrogen) atoms. The van der Waals surface area contributed by atoms with E-state index in [1.54, 1.807) is 24.3 Å². The van der Waals surface area contributed by atoms with E-state index in [1.165, 1.54) is 15.6 Å². The zero-order valence-corrected chi connectivity index (χ0v) is 18.7. The van der Waals surface area contributed by atoms with Crippen LogP contribution in [-0.4, -0.2) is 66.5 Å². The Balaban J connectivity index is 1.29. The highest BCUT2D eigenvalue weighted by Gasteiger charge is 2.29. The second kappa shape index (κ2) is 9.23. The van der Waals surface area contributed by atoms with Crippen molar-refractivity contribution in [3.05, 3.63) is 60.2 Å². The van der Waals surface area contributed by atoms with Crippen LogP contribution in [0.2, 0.25) is 0 Å². The summed E-state index contributed by atoms with van der Waals surface area (Å²) < 4.78 is 27.1. The lowest BCUT2D eigenvalue weighted by atomic mass is 10.2. The van der Waals surface area contributed by atoms with E-state index < -0.39 is 10.0 Å². The topological polar surface area (TPSA) is 95.5 Å². The maximum Gasteiger partial charge on any atom is 0.243 e. The molecule has 1 fully saturated rings. The monoisotopic (exact) mass is 457 g/mol. The normalized spacial score (nSPS) is 15.6.